The van der Waals surface area contributed by atoms with Crippen LogP contribution in [0.4, 0.5) is 5.69 Å². The molecule has 1 aromatic carbocycles. The molecule has 1 aliphatic carbocycles. The zero-order chi connectivity index (χ0) is 13.2. The summed E-state index contributed by atoms with van der Waals surface area (Å²) in [5.74, 6) is 1.30. The number of nitrogens with one attached hydrogen (secondary N) is 1. The first-order valence-corrected chi connectivity index (χ1v) is 6.56. The second-order valence-corrected chi connectivity index (χ2v) is 5.11. The monoisotopic (exact) mass is 258 g/mol. The molecule has 1 N–H and O–H groups in total. The van der Waals surface area contributed by atoms with Gasteiger partial charge in [0.05, 0.1) is 6.54 Å². The number of anilines is 1. The van der Waals surface area contributed by atoms with E-state index in [1.165, 1.54) is 12.8 Å². The fourth-order valence-corrected chi connectivity index (χ4v) is 1.87. The summed E-state index contributed by atoms with van der Waals surface area (Å²) in [5.41, 5.74) is 2.11. The van der Waals surface area contributed by atoms with Crippen LogP contribution in [-0.2, 0) is 6.54 Å². The lowest BCUT2D eigenvalue weighted by Gasteiger charge is -2.11. The summed E-state index contributed by atoms with van der Waals surface area (Å²) in [6.07, 6.45) is 2.52. The van der Waals surface area contributed by atoms with Crippen molar-refractivity contribution in [3.63, 3.8) is 0 Å². The van der Waals surface area contributed by atoms with E-state index in [1.54, 1.807) is 0 Å². The molecule has 1 aliphatic rings. The van der Waals surface area contributed by atoms with Gasteiger partial charge < -0.3 is 14.7 Å². The molecule has 0 spiro atoms. The van der Waals surface area contributed by atoms with Gasteiger partial charge in [0.1, 0.15) is 0 Å². The van der Waals surface area contributed by atoms with Crippen LogP contribution >= 0.6 is 0 Å². The average molecular weight is 258 g/mol. The Morgan fingerprint density at radius 1 is 1.26 bits per heavy atom. The maximum absolute atomic E-state index is 5.29. The van der Waals surface area contributed by atoms with Crippen molar-refractivity contribution in [1.82, 2.24) is 15.5 Å². The minimum Gasteiger partial charge on any atom is -0.378 e. The molecule has 0 bridgehead atoms. The van der Waals surface area contributed by atoms with Gasteiger partial charge in [-0.05, 0) is 37.1 Å². The molecule has 1 fully saturated rings. The first-order valence-electron chi connectivity index (χ1n) is 6.56. The van der Waals surface area contributed by atoms with Crippen LogP contribution in [0.3, 0.4) is 0 Å². The third-order valence-electron chi connectivity index (χ3n) is 3.22. The lowest BCUT2D eigenvalue weighted by molar-refractivity contribution is 0.419. The second kappa shape index (κ2) is 5.01. The van der Waals surface area contributed by atoms with Crippen LogP contribution in [0, 0.1) is 0 Å². The van der Waals surface area contributed by atoms with Gasteiger partial charge in [0.2, 0.25) is 0 Å². The summed E-state index contributed by atoms with van der Waals surface area (Å²) in [7, 11) is 4.03. The van der Waals surface area contributed by atoms with Crippen LogP contribution in [0.25, 0.3) is 11.5 Å². The summed E-state index contributed by atoms with van der Waals surface area (Å²) in [6.45, 7) is 0.684. The van der Waals surface area contributed by atoms with Gasteiger partial charge in [-0.1, -0.05) is 5.16 Å². The number of benzene rings is 1. The number of nitrogens with zero attached hydrogens (tertiary/aromatic N) is 3. The van der Waals surface area contributed by atoms with Crippen LogP contribution in [-0.4, -0.2) is 30.3 Å². The quantitative estimate of drug-likeness (QED) is 0.889. The van der Waals surface area contributed by atoms with Gasteiger partial charge in [0, 0.05) is 31.4 Å². The molecule has 0 saturated heterocycles. The molecule has 1 aromatic heterocycles. The molecule has 5 heteroatoms. The largest absolute Gasteiger partial charge is 0.378 e. The summed E-state index contributed by atoms with van der Waals surface area (Å²) >= 11 is 0. The lowest BCUT2D eigenvalue weighted by Crippen LogP contribution is -2.16. The smallest absolute Gasteiger partial charge is 0.257 e. The van der Waals surface area contributed by atoms with Crippen LogP contribution in [0.1, 0.15) is 18.7 Å². The Morgan fingerprint density at radius 3 is 2.63 bits per heavy atom. The highest BCUT2D eigenvalue weighted by Crippen LogP contribution is 2.22. The molecule has 3 rings (SSSR count). The number of hydrogen-bond acceptors (Lipinski definition) is 5. The van der Waals surface area contributed by atoms with Crippen LogP contribution in [0.15, 0.2) is 28.8 Å². The molecule has 0 aliphatic heterocycles. The van der Waals surface area contributed by atoms with E-state index in [0.717, 1.165) is 17.1 Å². The Hall–Kier alpha value is -1.88. The third-order valence-corrected chi connectivity index (χ3v) is 3.22. The van der Waals surface area contributed by atoms with E-state index in [1.807, 2.05) is 38.4 Å². The molecular weight excluding hydrogens is 240 g/mol. The highest BCUT2D eigenvalue weighted by atomic mass is 16.5. The molecule has 0 amide bonds. The van der Waals surface area contributed by atoms with Crippen molar-refractivity contribution < 1.29 is 4.52 Å². The number of rotatable bonds is 5. The van der Waals surface area contributed by atoms with Gasteiger partial charge in [-0.2, -0.15) is 4.98 Å². The Kier molecular flexibility index (Phi) is 3.21. The van der Waals surface area contributed by atoms with E-state index in [-0.39, 0.29) is 0 Å². The van der Waals surface area contributed by atoms with Gasteiger partial charge in [0.15, 0.2) is 5.82 Å². The van der Waals surface area contributed by atoms with Gasteiger partial charge in [-0.25, -0.2) is 0 Å². The summed E-state index contributed by atoms with van der Waals surface area (Å²) in [5, 5.41) is 7.36. The standard InChI is InChI=1S/C14H18N4O/c1-18(2)12-7-3-10(4-8-12)14-16-13(17-19-14)9-15-11-5-6-11/h3-4,7-8,11,15H,5-6,9H2,1-2H3. The fourth-order valence-electron chi connectivity index (χ4n) is 1.87. The van der Waals surface area contributed by atoms with E-state index < -0.39 is 0 Å². The average Bonchev–Trinajstić information content (AvgIpc) is 3.13. The summed E-state index contributed by atoms with van der Waals surface area (Å²) < 4.78 is 5.29. The Balaban J connectivity index is 1.70. The van der Waals surface area contributed by atoms with E-state index in [0.29, 0.717) is 18.5 Å². The van der Waals surface area contributed by atoms with E-state index in [2.05, 4.69) is 20.4 Å². The van der Waals surface area contributed by atoms with E-state index >= 15 is 0 Å². The Morgan fingerprint density at radius 2 is 2.00 bits per heavy atom. The molecule has 1 saturated carbocycles. The van der Waals surface area contributed by atoms with E-state index in [4.69, 9.17) is 4.52 Å². The van der Waals surface area contributed by atoms with Crippen molar-refractivity contribution in [2.45, 2.75) is 25.4 Å². The summed E-state index contributed by atoms with van der Waals surface area (Å²) in [6, 6.07) is 8.74. The van der Waals surface area contributed by atoms with Crippen molar-refractivity contribution in [2.75, 3.05) is 19.0 Å². The highest BCUT2D eigenvalue weighted by molar-refractivity contribution is 5.58. The van der Waals surface area contributed by atoms with Crippen molar-refractivity contribution >= 4 is 5.69 Å². The molecule has 1 heterocycles. The normalized spacial score (nSPS) is 14.6. The van der Waals surface area contributed by atoms with Crippen LogP contribution in [0.2, 0.25) is 0 Å². The molecule has 5 nitrogen and oxygen atoms in total. The zero-order valence-electron chi connectivity index (χ0n) is 11.3. The Bertz CT molecular complexity index is 543. The van der Waals surface area contributed by atoms with Crippen molar-refractivity contribution in [1.29, 1.82) is 0 Å². The van der Waals surface area contributed by atoms with Crippen molar-refractivity contribution in [2.24, 2.45) is 0 Å². The lowest BCUT2D eigenvalue weighted by atomic mass is 10.2. The predicted molar refractivity (Wildman–Crippen MR) is 73.9 cm³/mol. The maximum atomic E-state index is 5.29. The SMILES string of the molecule is CN(C)c1ccc(-c2nc(CNC3CC3)no2)cc1. The first kappa shape index (κ1) is 12.2. The van der Waals surface area contributed by atoms with Gasteiger partial charge >= 0.3 is 0 Å². The molecule has 2 aromatic rings. The maximum Gasteiger partial charge on any atom is 0.257 e. The van der Waals surface area contributed by atoms with Crippen LogP contribution < -0.4 is 10.2 Å². The third kappa shape index (κ3) is 2.93. The number of hydrogen-bond donors (Lipinski definition) is 1. The van der Waals surface area contributed by atoms with Crippen molar-refractivity contribution in [3.8, 4) is 11.5 Å². The minimum atomic E-state index is 0.581. The van der Waals surface area contributed by atoms with E-state index in [9.17, 15) is 0 Å². The topological polar surface area (TPSA) is 54.2 Å². The van der Waals surface area contributed by atoms with Crippen molar-refractivity contribution in [3.05, 3.63) is 30.1 Å². The summed E-state index contributed by atoms with van der Waals surface area (Å²) in [4.78, 5) is 6.46. The number of aromatic nitrogens is 2. The second-order valence-electron chi connectivity index (χ2n) is 5.11. The molecule has 0 unspecified atom stereocenters. The van der Waals surface area contributed by atoms with Crippen LogP contribution in [0.5, 0.6) is 0 Å². The highest BCUT2D eigenvalue weighted by Gasteiger charge is 2.21. The predicted octanol–water partition coefficient (Wildman–Crippen LogP) is 2.05. The van der Waals surface area contributed by atoms with Gasteiger partial charge in [-0.3, -0.25) is 0 Å². The minimum absolute atomic E-state index is 0.581. The molecular formula is C14H18N4O. The Labute approximate surface area is 112 Å². The zero-order valence-corrected chi connectivity index (χ0v) is 11.3. The van der Waals surface area contributed by atoms with Gasteiger partial charge in [-0.15, -0.1) is 0 Å². The first-order chi connectivity index (χ1) is 9.22. The molecule has 0 atom stereocenters. The fraction of sp³-hybridized carbons (Fsp3) is 0.429. The molecule has 0 radical (unpaired) electrons. The molecule has 19 heavy (non-hydrogen) atoms. The van der Waals surface area contributed by atoms with Gasteiger partial charge in [0.25, 0.3) is 5.89 Å². The molecule has 100 valence electrons.